The fraction of sp³-hybridized carbons (Fsp3) is 1.00. The highest BCUT2D eigenvalue weighted by Gasteiger charge is 2.29. The Morgan fingerprint density at radius 1 is 1.71 bits per heavy atom. The van der Waals surface area contributed by atoms with Crippen molar-refractivity contribution in [1.29, 1.82) is 0 Å². The van der Waals surface area contributed by atoms with Gasteiger partial charge in [-0.1, -0.05) is 23.2 Å². The van der Waals surface area contributed by atoms with Crippen molar-refractivity contribution in [3.8, 4) is 0 Å². The van der Waals surface area contributed by atoms with E-state index in [1.807, 2.05) is 0 Å². The molecule has 0 spiro atoms. The standard InChI is InChI=1S/C2H2Cl2FOS/c3-2(4,5)1-7-6/h1H2/q+1. The summed E-state index contributed by atoms with van der Waals surface area (Å²) in [5.74, 6) is -0.434. The van der Waals surface area contributed by atoms with Crippen molar-refractivity contribution in [3.63, 3.8) is 0 Å². The monoisotopic (exact) mass is 163 g/mol. The first-order valence-corrected chi connectivity index (χ1v) is 3.04. The molecule has 42 valence electrons. The summed E-state index contributed by atoms with van der Waals surface area (Å²) in [6, 6.07) is 0. The van der Waals surface area contributed by atoms with E-state index >= 15 is 0 Å². The van der Waals surface area contributed by atoms with Gasteiger partial charge in [-0.05, 0) is 0 Å². The Kier molecular flexibility index (Phi) is 2.95. The largest absolute Gasteiger partial charge is 0.465 e. The van der Waals surface area contributed by atoms with E-state index in [-0.39, 0.29) is 11.7 Å². The second kappa shape index (κ2) is 2.74. The first-order valence-electron chi connectivity index (χ1n) is 1.38. The zero-order valence-electron chi connectivity index (χ0n) is 3.16. The summed E-state index contributed by atoms with van der Waals surface area (Å²) < 4.78 is 18.8. The average molecular weight is 164 g/mol. The molecule has 0 atom stereocenters. The summed E-state index contributed by atoms with van der Waals surface area (Å²) >= 11 is 9.44. The van der Waals surface area contributed by atoms with Crippen molar-refractivity contribution < 1.29 is 8.60 Å². The van der Waals surface area contributed by atoms with Gasteiger partial charge in [-0.2, -0.15) is 0 Å². The SMILES string of the molecule is O=[S+]CC(F)(Cl)Cl. The molecule has 0 aromatic carbocycles. The third-order valence-corrected chi connectivity index (χ3v) is 1.32. The topological polar surface area (TPSA) is 17.1 Å². The van der Waals surface area contributed by atoms with E-state index in [4.69, 9.17) is 23.2 Å². The van der Waals surface area contributed by atoms with Crippen molar-refractivity contribution >= 4 is 34.9 Å². The van der Waals surface area contributed by atoms with E-state index in [0.717, 1.165) is 0 Å². The molecule has 0 saturated heterocycles. The lowest BCUT2D eigenvalue weighted by Gasteiger charge is -1.92. The number of hydrogen-bond donors (Lipinski definition) is 0. The maximum Gasteiger partial charge on any atom is 0.465 e. The predicted molar refractivity (Wildman–Crippen MR) is 28.5 cm³/mol. The van der Waals surface area contributed by atoms with Crippen molar-refractivity contribution in [2.24, 2.45) is 0 Å². The van der Waals surface area contributed by atoms with Gasteiger partial charge >= 0.3 is 16.3 Å². The van der Waals surface area contributed by atoms with Crippen molar-refractivity contribution in [3.05, 3.63) is 0 Å². The lowest BCUT2D eigenvalue weighted by molar-refractivity contribution is 0.427. The molecular weight excluding hydrogens is 162 g/mol. The second-order valence-corrected chi connectivity index (χ2v) is 2.79. The second-order valence-electron chi connectivity index (χ2n) is 0.877. The highest BCUT2D eigenvalue weighted by molar-refractivity contribution is 7.65. The molecular formula is C2H2Cl2FOS+. The van der Waals surface area contributed by atoms with Crippen LogP contribution in [0.3, 0.4) is 0 Å². The molecule has 0 saturated carbocycles. The zero-order chi connectivity index (χ0) is 5.91. The number of alkyl halides is 3. The first kappa shape index (κ1) is 7.53. The molecule has 0 rings (SSSR count). The van der Waals surface area contributed by atoms with Gasteiger partial charge in [0.15, 0.2) is 0 Å². The van der Waals surface area contributed by atoms with Crippen LogP contribution in [0.5, 0.6) is 0 Å². The van der Waals surface area contributed by atoms with Gasteiger partial charge in [0.2, 0.25) is 0 Å². The van der Waals surface area contributed by atoms with Gasteiger partial charge in [0.25, 0.3) is 5.75 Å². The Morgan fingerprint density at radius 2 is 2.14 bits per heavy atom. The minimum Gasteiger partial charge on any atom is -0.202 e. The maximum atomic E-state index is 11.7. The molecule has 7 heavy (non-hydrogen) atoms. The molecule has 0 aromatic heterocycles. The van der Waals surface area contributed by atoms with Crippen LogP contribution in [-0.4, -0.2) is 10.3 Å². The van der Waals surface area contributed by atoms with E-state index in [2.05, 4.69) is 0 Å². The predicted octanol–water partition coefficient (Wildman–Crippen LogP) is 1.52. The van der Waals surface area contributed by atoms with Crippen molar-refractivity contribution in [2.45, 2.75) is 4.59 Å². The molecule has 5 heteroatoms. The number of rotatable bonds is 2. The fourth-order valence-corrected chi connectivity index (χ4v) is 0.468. The molecule has 0 radical (unpaired) electrons. The minimum absolute atomic E-state index is 0.0197. The van der Waals surface area contributed by atoms with Gasteiger partial charge in [0.05, 0.1) is 0 Å². The van der Waals surface area contributed by atoms with Crippen LogP contribution in [-0.2, 0) is 15.9 Å². The average Bonchev–Trinajstić information content (AvgIpc) is 1.30. The fourth-order valence-electron chi connectivity index (χ4n) is 0.0668. The normalized spacial score (nSPS) is 11.3. The van der Waals surface area contributed by atoms with Crippen LogP contribution >= 0.6 is 23.2 Å². The van der Waals surface area contributed by atoms with Crippen molar-refractivity contribution in [1.82, 2.24) is 0 Å². The number of hydrogen-bond acceptors (Lipinski definition) is 1. The third-order valence-electron chi connectivity index (χ3n) is 0.223. The Hall–Kier alpha value is 0.530. The summed E-state index contributed by atoms with van der Waals surface area (Å²) in [5, 5.41) is 0. The van der Waals surface area contributed by atoms with Gasteiger partial charge in [-0.15, -0.1) is 0 Å². The summed E-state index contributed by atoms with van der Waals surface area (Å²) in [5.41, 5.74) is 0. The summed E-state index contributed by atoms with van der Waals surface area (Å²) in [6.45, 7) is 0. The summed E-state index contributed by atoms with van der Waals surface area (Å²) in [7, 11) is 0. The molecule has 0 N–H and O–H groups in total. The van der Waals surface area contributed by atoms with Crippen molar-refractivity contribution in [2.75, 3.05) is 5.75 Å². The summed E-state index contributed by atoms with van der Waals surface area (Å²) in [6.07, 6.45) is 0. The molecule has 0 fully saturated rings. The molecule has 1 nitrogen and oxygen atoms in total. The highest BCUT2D eigenvalue weighted by atomic mass is 35.5. The smallest absolute Gasteiger partial charge is 0.202 e. The van der Waals surface area contributed by atoms with Crippen LogP contribution in [0.15, 0.2) is 0 Å². The Balaban J connectivity index is 3.34. The molecule has 0 aliphatic rings. The molecule has 0 unspecified atom stereocenters. The van der Waals surface area contributed by atoms with Crippen LogP contribution < -0.4 is 0 Å². The highest BCUT2D eigenvalue weighted by Crippen LogP contribution is 2.21. The van der Waals surface area contributed by atoms with Crippen LogP contribution in [0, 0.1) is 0 Å². The summed E-state index contributed by atoms with van der Waals surface area (Å²) in [4.78, 5) is 0. The quantitative estimate of drug-likeness (QED) is 0.446. The van der Waals surface area contributed by atoms with E-state index in [0.29, 0.717) is 0 Å². The Labute approximate surface area is 54.3 Å². The van der Waals surface area contributed by atoms with Gasteiger partial charge in [0, 0.05) is 4.21 Å². The van der Waals surface area contributed by atoms with Crippen LogP contribution in [0.4, 0.5) is 4.39 Å². The van der Waals surface area contributed by atoms with E-state index < -0.39 is 10.3 Å². The van der Waals surface area contributed by atoms with Gasteiger partial charge in [-0.25, -0.2) is 4.39 Å². The van der Waals surface area contributed by atoms with E-state index in [1.54, 1.807) is 0 Å². The number of halogens is 3. The lowest BCUT2D eigenvalue weighted by Crippen LogP contribution is -2.08. The van der Waals surface area contributed by atoms with Gasteiger partial charge in [0.1, 0.15) is 0 Å². The molecule has 0 aliphatic heterocycles. The molecule has 0 amide bonds. The van der Waals surface area contributed by atoms with E-state index in [1.165, 1.54) is 0 Å². The van der Waals surface area contributed by atoms with Crippen LogP contribution in [0.25, 0.3) is 0 Å². The van der Waals surface area contributed by atoms with Gasteiger partial charge in [-0.3, -0.25) is 0 Å². The molecule has 0 heterocycles. The Morgan fingerprint density at radius 3 is 2.14 bits per heavy atom. The third kappa shape index (κ3) is 6.53. The maximum absolute atomic E-state index is 11.7. The molecule has 0 bridgehead atoms. The van der Waals surface area contributed by atoms with Crippen LogP contribution in [0.1, 0.15) is 0 Å². The molecule has 0 aromatic rings. The van der Waals surface area contributed by atoms with Gasteiger partial charge < -0.3 is 0 Å². The van der Waals surface area contributed by atoms with Crippen LogP contribution in [0.2, 0.25) is 0 Å². The minimum atomic E-state index is -2.35. The zero-order valence-corrected chi connectivity index (χ0v) is 5.49. The van der Waals surface area contributed by atoms with E-state index in [9.17, 15) is 8.60 Å². The lowest BCUT2D eigenvalue weighted by atomic mass is 10.9. The first-order chi connectivity index (χ1) is 3.06. The molecule has 0 aliphatic carbocycles. The Bertz CT molecular complexity index is 70.6.